The number of hydrogen-bond donors (Lipinski definition) is 2. The van der Waals surface area contributed by atoms with Crippen molar-refractivity contribution in [3.8, 4) is 0 Å². The van der Waals surface area contributed by atoms with Gasteiger partial charge < -0.3 is 19.9 Å². The predicted molar refractivity (Wildman–Crippen MR) is 160 cm³/mol. The van der Waals surface area contributed by atoms with Crippen LogP contribution in [0.4, 0.5) is 16.2 Å². The third kappa shape index (κ3) is 9.85. The Labute approximate surface area is 237 Å². The number of carbonyl (C=O) groups excluding carboxylic acids is 3. The lowest BCUT2D eigenvalue weighted by molar-refractivity contribution is 0.0635. The quantitative estimate of drug-likeness (QED) is 0.313. The summed E-state index contributed by atoms with van der Waals surface area (Å²) in [6.45, 7) is 7.48. The fraction of sp³-hybridized carbons (Fsp3) is 0.344. The maximum absolute atomic E-state index is 13.4. The lowest BCUT2D eigenvalue weighted by Crippen LogP contribution is -2.35. The van der Waals surface area contributed by atoms with E-state index in [9.17, 15) is 14.4 Å². The number of anilines is 2. The Morgan fingerprint density at radius 1 is 0.725 bits per heavy atom. The highest BCUT2D eigenvalue weighted by Crippen LogP contribution is 2.23. The molecule has 0 bridgehead atoms. The average Bonchev–Trinajstić information content (AvgIpc) is 2.90. The zero-order chi connectivity index (χ0) is 29.1. The fourth-order valence-corrected chi connectivity index (χ4v) is 4.06. The van der Waals surface area contributed by atoms with E-state index in [2.05, 4.69) is 27.7 Å². The first-order chi connectivity index (χ1) is 19.0. The van der Waals surface area contributed by atoms with E-state index in [1.165, 1.54) is 5.56 Å². The van der Waals surface area contributed by atoms with Gasteiger partial charge >= 0.3 is 6.09 Å². The van der Waals surface area contributed by atoms with Gasteiger partial charge in [-0.05, 0) is 96.2 Å². The van der Waals surface area contributed by atoms with Crippen LogP contribution in [0.15, 0.2) is 78.9 Å². The molecule has 0 aliphatic rings. The highest BCUT2D eigenvalue weighted by atomic mass is 16.6. The Morgan fingerprint density at radius 2 is 1.30 bits per heavy atom. The minimum Gasteiger partial charge on any atom is -0.444 e. The number of benzene rings is 3. The third-order valence-electron chi connectivity index (χ3n) is 6.04. The highest BCUT2D eigenvalue weighted by molar-refractivity contribution is 6.07. The first-order valence-corrected chi connectivity index (χ1v) is 13.5. The normalized spacial score (nSPS) is 11.2. The Kier molecular flexibility index (Phi) is 10.8. The summed E-state index contributed by atoms with van der Waals surface area (Å²) in [5, 5.41) is 5.51. The molecule has 0 radical (unpaired) electrons. The number of ether oxygens (including phenoxy) is 1. The van der Waals surface area contributed by atoms with Crippen molar-refractivity contribution in [2.45, 2.75) is 39.2 Å². The van der Waals surface area contributed by atoms with Gasteiger partial charge in [0.15, 0.2) is 0 Å². The molecule has 0 spiro atoms. The highest BCUT2D eigenvalue weighted by Gasteiger charge is 2.19. The van der Waals surface area contributed by atoms with Crippen LogP contribution in [0.5, 0.6) is 0 Å². The average molecular weight is 545 g/mol. The van der Waals surface area contributed by atoms with Gasteiger partial charge in [-0.3, -0.25) is 14.9 Å². The van der Waals surface area contributed by atoms with Gasteiger partial charge in [-0.25, -0.2) is 4.79 Å². The minimum atomic E-state index is -0.648. The number of carbonyl (C=O) groups is 3. The van der Waals surface area contributed by atoms with E-state index in [1.54, 1.807) is 69.3 Å². The molecule has 2 N–H and O–H groups in total. The van der Waals surface area contributed by atoms with Gasteiger partial charge in [-0.2, -0.15) is 0 Å². The molecule has 8 heteroatoms. The molecular weight excluding hydrogens is 504 g/mol. The number of nitrogens with zero attached hydrogens (tertiary/aromatic N) is 2. The zero-order valence-corrected chi connectivity index (χ0v) is 24.1. The van der Waals surface area contributed by atoms with E-state index >= 15 is 0 Å². The molecule has 3 aromatic carbocycles. The van der Waals surface area contributed by atoms with Crippen molar-refractivity contribution in [2.75, 3.05) is 44.4 Å². The fourth-order valence-electron chi connectivity index (χ4n) is 4.06. The second-order valence-corrected chi connectivity index (χ2v) is 10.9. The Balaban J connectivity index is 1.67. The molecule has 0 aliphatic heterocycles. The lowest BCUT2D eigenvalue weighted by atomic mass is 10.1. The van der Waals surface area contributed by atoms with E-state index < -0.39 is 11.7 Å². The van der Waals surface area contributed by atoms with Gasteiger partial charge in [-0.1, -0.05) is 42.5 Å². The summed E-state index contributed by atoms with van der Waals surface area (Å²) in [7, 11) is 4.04. The van der Waals surface area contributed by atoms with Crippen LogP contribution in [-0.2, 0) is 11.2 Å². The SMILES string of the molecule is CN(C)CCCN(CCc1ccccc1)C(=O)c1ccc(C(=O)Nc2ccccc2NC(=O)OC(C)(C)C)cc1. The molecule has 3 rings (SSSR count). The summed E-state index contributed by atoms with van der Waals surface area (Å²) in [6, 6.07) is 23.7. The summed E-state index contributed by atoms with van der Waals surface area (Å²) < 4.78 is 5.32. The Morgan fingerprint density at radius 3 is 1.90 bits per heavy atom. The zero-order valence-electron chi connectivity index (χ0n) is 24.1. The van der Waals surface area contributed by atoms with Crippen molar-refractivity contribution in [3.05, 3.63) is 95.6 Å². The van der Waals surface area contributed by atoms with Crippen LogP contribution in [0.3, 0.4) is 0 Å². The molecule has 0 unspecified atom stereocenters. The summed E-state index contributed by atoms with van der Waals surface area (Å²) in [5.74, 6) is -0.419. The van der Waals surface area contributed by atoms with Gasteiger partial charge in [0, 0.05) is 24.2 Å². The van der Waals surface area contributed by atoms with Gasteiger partial charge in [-0.15, -0.1) is 0 Å². The minimum absolute atomic E-state index is 0.0615. The Hall–Kier alpha value is -4.17. The number of rotatable bonds is 11. The molecule has 0 saturated heterocycles. The van der Waals surface area contributed by atoms with Crippen LogP contribution >= 0.6 is 0 Å². The molecule has 3 aromatic rings. The Bertz CT molecular complexity index is 1270. The van der Waals surface area contributed by atoms with Gasteiger partial charge in [0.25, 0.3) is 11.8 Å². The maximum atomic E-state index is 13.4. The largest absolute Gasteiger partial charge is 0.444 e. The predicted octanol–water partition coefficient (Wildman–Crippen LogP) is 5.92. The van der Waals surface area contributed by atoms with Crippen molar-refractivity contribution in [1.29, 1.82) is 0 Å². The van der Waals surface area contributed by atoms with Crippen LogP contribution in [0.1, 0.15) is 53.5 Å². The second kappa shape index (κ2) is 14.3. The summed E-state index contributed by atoms with van der Waals surface area (Å²) in [6.07, 6.45) is 1.02. The van der Waals surface area contributed by atoms with E-state index in [1.807, 2.05) is 37.2 Å². The maximum Gasteiger partial charge on any atom is 0.412 e. The molecule has 8 nitrogen and oxygen atoms in total. The molecule has 0 heterocycles. The first kappa shape index (κ1) is 30.4. The number of para-hydroxylation sites is 2. The first-order valence-electron chi connectivity index (χ1n) is 13.5. The monoisotopic (exact) mass is 544 g/mol. The van der Waals surface area contributed by atoms with Crippen LogP contribution in [0, 0.1) is 0 Å². The standard InChI is InChI=1S/C32H40N4O4/c1-32(2,3)40-31(39)34-28-15-10-9-14-27(28)33-29(37)25-16-18-26(19-17-25)30(38)36(22-11-21-35(4)5)23-20-24-12-7-6-8-13-24/h6-10,12-19H,11,20-23H2,1-5H3,(H,33,37)(H,34,39). The van der Waals surface area contributed by atoms with Gasteiger partial charge in [0.1, 0.15) is 5.60 Å². The molecular formula is C32H40N4O4. The molecule has 0 fully saturated rings. The number of amides is 3. The lowest BCUT2D eigenvalue weighted by Gasteiger charge is -2.24. The summed E-state index contributed by atoms with van der Waals surface area (Å²) in [4.78, 5) is 42.6. The smallest absolute Gasteiger partial charge is 0.412 e. The van der Waals surface area contributed by atoms with E-state index in [0.29, 0.717) is 35.6 Å². The molecule has 0 atom stereocenters. The van der Waals surface area contributed by atoms with Crippen LogP contribution in [0.25, 0.3) is 0 Å². The summed E-state index contributed by atoms with van der Waals surface area (Å²) in [5.41, 5.74) is 2.32. The second-order valence-electron chi connectivity index (χ2n) is 10.9. The topological polar surface area (TPSA) is 91.0 Å². The third-order valence-corrected chi connectivity index (χ3v) is 6.04. The van der Waals surface area contributed by atoms with Crippen LogP contribution < -0.4 is 10.6 Å². The van der Waals surface area contributed by atoms with E-state index in [4.69, 9.17) is 4.74 Å². The number of nitrogens with one attached hydrogen (secondary N) is 2. The van der Waals surface area contributed by atoms with Crippen molar-refractivity contribution in [1.82, 2.24) is 9.80 Å². The van der Waals surface area contributed by atoms with E-state index in [0.717, 1.165) is 19.4 Å². The van der Waals surface area contributed by atoms with Gasteiger partial charge in [0.05, 0.1) is 11.4 Å². The van der Waals surface area contributed by atoms with Crippen molar-refractivity contribution in [2.24, 2.45) is 0 Å². The summed E-state index contributed by atoms with van der Waals surface area (Å²) >= 11 is 0. The van der Waals surface area contributed by atoms with E-state index in [-0.39, 0.29) is 11.8 Å². The molecule has 212 valence electrons. The van der Waals surface area contributed by atoms with Crippen LogP contribution in [0.2, 0.25) is 0 Å². The van der Waals surface area contributed by atoms with Crippen LogP contribution in [-0.4, -0.2) is 67.0 Å². The van der Waals surface area contributed by atoms with Crippen molar-refractivity contribution >= 4 is 29.3 Å². The molecule has 3 amide bonds. The van der Waals surface area contributed by atoms with Crippen molar-refractivity contribution < 1.29 is 19.1 Å². The number of hydrogen-bond acceptors (Lipinski definition) is 5. The van der Waals surface area contributed by atoms with Crippen molar-refractivity contribution in [3.63, 3.8) is 0 Å². The molecule has 0 aromatic heterocycles. The molecule has 0 aliphatic carbocycles. The molecule has 0 saturated carbocycles. The van der Waals surface area contributed by atoms with Gasteiger partial charge in [0.2, 0.25) is 0 Å². The molecule has 40 heavy (non-hydrogen) atoms.